The van der Waals surface area contributed by atoms with Crippen molar-refractivity contribution in [3.8, 4) is 0 Å². The van der Waals surface area contributed by atoms with Crippen molar-refractivity contribution in [2.24, 2.45) is 0 Å². The van der Waals surface area contributed by atoms with E-state index in [9.17, 15) is 0 Å². The monoisotopic (exact) mass is 231 g/mol. The number of hydrogen-bond acceptors (Lipinski definition) is 0. The third-order valence-electron chi connectivity index (χ3n) is 0. The van der Waals surface area contributed by atoms with E-state index in [0.717, 1.165) is 0 Å². The third kappa shape index (κ3) is 38.0. The minimum absolute atomic E-state index is 3.79. The molecule has 0 unspecified atom stereocenters. The van der Waals surface area contributed by atoms with Crippen molar-refractivity contribution in [3.05, 3.63) is 0 Å². The molecular weight excluding hydrogens is 233 g/mol. The zero-order valence-corrected chi connectivity index (χ0v) is 7.13. The predicted molar refractivity (Wildman–Crippen MR) is 29.3 cm³/mol. The zero-order chi connectivity index (χ0) is 5.45. The van der Waals surface area contributed by atoms with Gasteiger partial charge in [0.2, 0.25) is 0 Å². The molecule has 0 fully saturated rings. The Morgan fingerprint density at radius 2 is 0.667 bits per heavy atom. The van der Waals surface area contributed by atoms with Gasteiger partial charge in [-0.25, -0.2) is 0 Å². The first-order chi connectivity index (χ1) is 2.24. The molecule has 0 radical (unpaired) electrons. The summed E-state index contributed by atoms with van der Waals surface area (Å²) in [6, 6.07) is 0. The maximum atomic E-state index is 4.99. The van der Waals surface area contributed by atoms with Crippen LogP contribution in [0.1, 0.15) is 0 Å². The second-order valence-corrected chi connectivity index (χ2v) is 18.7. The van der Waals surface area contributed by atoms with Gasteiger partial charge in [0.1, 0.15) is 0 Å². The fourth-order valence-corrected chi connectivity index (χ4v) is 0. The topological polar surface area (TPSA) is 0 Å². The maximum absolute atomic E-state index is 4.99. The Bertz CT molecular complexity index is 37.1. The predicted octanol–water partition coefficient (Wildman–Crippen LogP) is 3.44. The van der Waals surface area contributed by atoms with E-state index in [1.165, 1.54) is 0 Å². The van der Waals surface area contributed by atoms with E-state index >= 15 is 0 Å². The van der Waals surface area contributed by atoms with E-state index in [1.54, 1.807) is 0 Å². The molecule has 0 N–H and O–H groups in total. The first kappa shape index (κ1) is 7.97. The summed E-state index contributed by atoms with van der Waals surface area (Å²) in [6.07, 6.45) is 0. The van der Waals surface area contributed by atoms with Crippen LogP contribution >= 0.6 is 50.5 Å². The summed E-state index contributed by atoms with van der Waals surface area (Å²) < 4.78 is 0. The van der Waals surface area contributed by atoms with E-state index in [4.69, 9.17) is 50.5 Å². The summed E-state index contributed by atoms with van der Waals surface area (Å²) in [6.45, 7) is 0. The minimum atomic E-state index is -3.79. The summed E-state index contributed by atoms with van der Waals surface area (Å²) in [7, 11) is 21.2. The Kier molecular flexibility index (Phi) is 2.30. The Morgan fingerprint density at radius 1 is 0.667 bits per heavy atom. The van der Waals surface area contributed by atoms with Crippen molar-refractivity contribution in [1.82, 2.24) is 0 Å². The fourth-order valence-electron chi connectivity index (χ4n) is 0. The summed E-state index contributed by atoms with van der Waals surface area (Å²) in [5.41, 5.74) is 0. The van der Waals surface area contributed by atoms with Gasteiger partial charge in [0, 0.05) is 0 Å². The van der Waals surface area contributed by atoms with Gasteiger partial charge in [-0.3, -0.25) is 0 Å². The van der Waals surface area contributed by atoms with E-state index in [1.807, 2.05) is 0 Å². The van der Waals surface area contributed by atoms with Gasteiger partial charge in [-0.1, -0.05) is 0 Å². The molecule has 43 valence electrons. The Hall–Kier alpha value is 1.97. The quantitative estimate of drug-likeness (QED) is 0.562. The molecule has 0 bridgehead atoms. The summed E-state index contributed by atoms with van der Waals surface area (Å²) in [5, 5.41) is 0. The van der Waals surface area contributed by atoms with Gasteiger partial charge in [0.15, 0.2) is 0 Å². The van der Waals surface area contributed by atoms with Crippen molar-refractivity contribution < 1.29 is 7.23 Å². The van der Waals surface area contributed by atoms with Crippen LogP contribution in [0.5, 0.6) is 0 Å². The average molecular weight is 233 g/mol. The summed E-state index contributed by atoms with van der Waals surface area (Å²) >= 11 is 0. The molecular formula is Cl5Fe. The third-order valence-corrected chi connectivity index (χ3v) is 0. The van der Waals surface area contributed by atoms with Crippen LogP contribution in [0.3, 0.4) is 0 Å². The molecule has 0 spiro atoms. The normalized spacial score (nSPS) is 19.2. The first-order valence-electron chi connectivity index (χ1n) is 0.668. The van der Waals surface area contributed by atoms with Crippen molar-refractivity contribution in [2.45, 2.75) is 0 Å². The van der Waals surface area contributed by atoms with E-state index in [-0.39, 0.29) is 0 Å². The van der Waals surface area contributed by atoms with Crippen LogP contribution in [0.4, 0.5) is 0 Å². The molecule has 0 atom stereocenters. The Balaban J connectivity index is 3.73. The first-order valence-corrected chi connectivity index (χ1v) is 8.26. The van der Waals surface area contributed by atoms with Gasteiger partial charge >= 0.3 is 57.7 Å². The van der Waals surface area contributed by atoms with Crippen LogP contribution in [-0.4, -0.2) is 0 Å². The molecule has 0 heterocycles. The molecule has 0 saturated carbocycles. The Labute approximate surface area is 57.3 Å². The molecule has 0 amide bonds. The van der Waals surface area contributed by atoms with Gasteiger partial charge < -0.3 is 0 Å². The molecule has 0 aromatic heterocycles. The van der Waals surface area contributed by atoms with E-state index in [0.29, 0.717) is 0 Å². The van der Waals surface area contributed by atoms with E-state index in [2.05, 4.69) is 0 Å². The van der Waals surface area contributed by atoms with E-state index < -0.39 is 7.23 Å². The van der Waals surface area contributed by atoms with Crippen molar-refractivity contribution in [1.29, 1.82) is 0 Å². The standard InChI is InChI=1S/5ClH.Fe/h5*1H;/q;;;;;+5/p-5. The van der Waals surface area contributed by atoms with Gasteiger partial charge in [-0.15, -0.1) is 0 Å². The summed E-state index contributed by atoms with van der Waals surface area (Å²) in [4.78, 5) is 0. The molecule has 0 nitrogen and oxygen atoms in total. The number of halogens is 5. The number of hydrogen-bond donors (Lipinski definition) is 0. The van der Waals surface area contributed by atoms with Gasteiger partial charge in [-0.2, -0.15) is 0 Å². The van der Waals surface area contributed by atoms with Crippen LogP contribution in [0.25, 0.3) is 0 Å². The average Bonchev–Trinajstić information content (AvgIpc) is 0.650. The molecule has 0 aromatic carbocycles. The van der Waals surface area contributed by atoms with Gasteiger partial charge in [0.05, 0.1) is 0 Å². The fraction of sp³-hybridized carbons (Fsp3) is 0. The van der Waals surface area contributed by atoms with Crippen LogP contribution in [0.15, 0.2) is 0 Å². The SMILES string of the molecule is [Cl][Fe]([Cl])([Cl])([Cl])[Cl]. The molecule has 0 aliphatic heterocycles. The molecule has 6 heteroatoms. The van der Waals surface area contributed by atoms with Gasteiger partial charge in [-0.05, 0) is 0 Å². The van der Waals surface area contributed by atoms with Crippen molar-refractivity contribution >= 4 is 50.5 Å². The van der Waals surface area contributed by atoms with Crippen molar-refractivity contribution in [3.63, 3.8) is 0 Å². The molecule has 0 saturated heterocycles. The van der Waals surface area contributed by atoms with Crippen LogP contribution in [-0.2, 0) is 7.23 Å². The molecule has 0 aliphatic rings. The molecule has 0 aromatic rings. The van der Waals surface area contributed by atoms with Crippen LogP contribution in [0.2, 0.25) is 0 Å². The van der Waals surface area contributed by atoms with Crippen LogP contribution < -0.4 is 0 Å². The molecule has 0 aliphatic carbocycles. The Morgan fingerprint density at radius 3 is 0.667 bits per heavy atom. The number of rotatable bonds is 0. The molecule has 0 rings (SSSR count). The van der Waals surface area contributed by atoms with Crippen LogP contribution in [0, 0.1) is 0 Å². The van der Waals surface area contributed by atoms with Crippen molar-refractivity contribution in [2.75, 3.05) is 0 Å². The summed E-state index contributed by atoms with van der Waals surface area (Å²) in [5.74, 6) is 0. The second-order valence-electron chi connectivity index (χ2n) is 0.505. The second kappa shape index (κ2) is 1.73. The molecule has 6 heavy (non-hydrogen) atoms. The van der Waals surface area contributed by atoms with Gasteiger partial charge in [0.25, 0.3) is 0 Å². The zero-order valence-electron chi connectivity index (χ0n) is 2.24.